The Balaban J connectivity index is 2.08. The van der Waals surface area contributed by atoms with Gasteiger partial charge in [-0.1, -0.05) is 0 Å². The molecular weight excluding hydrogens is 208 g/mol. The fourth-order valence-corrected chi connectivity index (χ4v) is 2.98. The van der Waals surface area contributed by atoms with Crippen molar-refractivity contribution in [1.82, 2.24) is 5.32 Å². The third-order valence-electron chi connectivity index (χ3n) is 3.87. The van der Waals surface area contributed by atoms with Crippen LogP contribution in [0.2, 0.25) is 0 Å². The van der Waals surface area contributed by atoms with Gasteiger partial charge in [-0.3, -0.25) is 0 Å². The molecule has 16 heavy (non-hydrogen) atoms. The molecule has 1 saturated heterocycles. The lowest BCUT2D eigenvalue weighted by Gasteiger charge is -2.30. The molecule has 2 fully saturated rings. The highest BCUT2D eigenvalue weighted by molar-refractivity contribution is 5.31. The number of rotatable bonds is 2. The van der Waals surface area contributed by atoms with Gasteiger partial charge in [-0.05, 0) is 56.3 Å². The summed E-state index contributed by atoms with van der Waals surface area (Å²) < 4.78 is 27.1. The predicted octanol–water partition coefficient (Wildman–Crippen LogP) is 2.95. The molecule has 1 aromatic rings. The highest BCUT2D eigenvalue weighted by Gasteiger charge is 2.49. The molecule has 0 spiro atoms. The third kappa shape index (κ3) is 1.46. The zero-order valence-electron chi connectivity index (χ0n) is 9.10. The van der Waals surface area contributed by atoms with Crippen molar-refractivity contribution in [3.63, 3.8) is 0 Å². The Morgan fingerprint density at radius 1 is 1.25 bits per heavy atom. The van der Waals surface area contributed by atoms with Crippen LogP contribution in [0.3, 0.4) is 0 Å². The normalized spacial score (nSPS) is 29.6. The molecule has 1 N–H and O–H groups in total. The van der Waals surface area contributed by atoms with Crippen LogP contribution in [0.15, 0.2) is 18.2 Å². The molecule has 1 aliphatic heterocycles. The second-order valence-electron chi connectivity index (χ2n) is 4.90. The average Bonchev–Trinajstić information content (AvgIpc) is 3.02. The smallest absolute Gasteiger partial charge is 0.128 e. The molecule has 1 unspecified atom stereocenters. The molecule has 1 heterocycles. The summed E-state index contributed by atoms with van der Waals surface area (Å²) in [5, 5.41) is 3.41. The van der Waals surface area contributed by atoms with E-state index in [0.29, 0.717) is 11.5 Å². The maximum absolute atomic E-state index is 13.8. The standard InChI is InChI=1S/C13H15F2N/c14-10-4-5-12(15)11(8-10)13(9-2-3-9)6-1-7-16-13/h4-5,8-9,16H,1-3,6-7H2. The van der Waals surface area contributed by atoms with Crippen LogP contribution in [-0.2, 0) is 5.54 Å². The molecule has 2 aliphatic rings. The monoisotopic (exact) mass is 223 g/mol. The summed E-state index contributed by atoms with van der Waals surface area (Å²) in [4.78, 5) is 0. The SMILES string of the molecule is Fc1ccc(F)c(C2(C3CC3)CCCN2)c1. The van der Waals surface area contributed by atoms with Crippen LogP contribution in [0.25, 0.3) is 0 Å². The van der Waals surface area contributed by atoms with Crippen molar-refractivity contribution in [1.29, 1.82) is 0 Å². The summed E-state index contributed by atoms with van der Waals surface area (Å²) in [5.41, 5.74) is 0.249. The first kappa shape index (κ1) is 10.2. The van der Waals surface area contributed by atoms with Gasteiger partial charge in [0.05, 0.1) is 0 Å². The van der Waals surface area contributed by atoms with Crippen molar-refractivity contribution in [2.75, 3.05) is 6.54 Å². The lowest BCUT2D eigenvalue weighted by molar-refractivity contribution is 0.320. The Kier molecular flexibility index (Phi) is 2.25. The molecule has 0 aromatic heterocycles. The molecule has 1 nitrogen and oxygen atoms in total. The van der Waals surface area contributed by atoms with Crippen molar-refractivity contribution in [2.24, 2.45) is 5.92 Å². The Bertz CT molecular complexity index is 406. The summed E-state index contributed by atoms with van der Waals surface area (Å²) in [5.74, 6) is -0.126. The maximum Gasteiger partial charge on any atom is 0.128 e. The van der Waals surface area contributed by atoms with E-state index in [1.807, 2.05) is 0 Å². The molecule has 3 heteroatoms. The lowest BCUT2D eigenvalue weighted by atomic mass is 9.83. The molecule has 1 saturated carbocycles. The molecule has 86 valence electrons. The maximum atomic E-state index is 13.8. The van der Waals surface area contributed by atoms with E-state index in [2.05, 4.69) is 5.32 Å². The minimum Gasteiger partial charge on any atom is -0.307 e. The van der Waals surface area contributed by atoms with E-state index in [0.717, 1.165) is 32.2 Å². The van der Waals surface area contributed by atoms with Gasteiger partial charge < -0.3 is 5.32 Å². The van der Waals surface area contributed by atoms with Crippen molar-refractivity contribution >= 4 is 0 Å². The Hall–Kier alpha value is -0.960. The van der Waals surface area contributed by atoms with E-state index in [1.54, 1.807) is 0 Å². The second-order valence-corrected chi connectivity index (χ2v) is 4.90. The fourth-order valence-electron chi connectivity index (χ4n) is 2.98. The highest BCUT2D eigenvalue weighted by Crippen LogP contribution is 2.50. The van der Waals surface area contributed by atoms with Crippen molar-refractivity contribution in [3.8, 4) is 0 Å². The summed E-state index contributed by atoms with van der Waals surface area (Å²) in [6, 6.07) is 3.80. The van der Waals surface area contributed by atoms with E-state index in [4.69, 9.17) is 0 Å². The van der Waals surface area contributed by atoms with Gasteiger partial charge in [0.15, 0.2) is 0 Å². The minimum atomic E-state index is -0.342. The Morgan fingerprint density at radius 3 is 2.69 bits per heavy atom. The van der Waals surface area contributed by atoms with E-state index in [9.17, 15) is 8.78 Å². The number of benzene rings is 1. The van der Waals surface area contributed by atoms with E-state index in [1.165, 1.54) is 18.2 Å². The molecule has 0 bridgehead atoms. The number of hydrogen-bond donors (Lipinski definition) is 1. The zero-order chi connectivity index (χ0) is 11.2. The predicted molar refractivity (Wildman–Crippen MR) is 58.0 cm³/mol. The van der Waals surface area contributed by atoms with Gasteiger partial charge >= 0.3 is 0 Å². The quantitative estimate of drug-likeness (QED) is 0.812. The molecule has 1 aliphatic carbocycles. The largest absolute Gasteiger partial charge is 0.307 e. The Labute approximate surface area is 93.9 Å². The number of hydrogen-bond acceptors (Lipinski definition) is 1. The van der Waals surface area contributed by atoms with Crippen molar-refractivity contribution in [3.05, 3.63) is 35.4 Å². The summed E-state index contributed by atoms with van der Waals surface area (Å²) >= 11 is 0. The second kappa shape index (κ2) is 3.52. The topological polar surface area (TPSA) is 12.0 Å². The summed E-state index contributed by atoms with van der Waals surface area (Å²) in [6.45, 7) is 0.909. The van der Waals surface area contributed by atoms with Crippen LogP contribution in [0.1, 0.15) is 31.2 Å². The number of nitrogens with one attached hydrogen (secondary N) is 1. The van der Waals surface area contributed by atoms with Gasteiger partial charge in [-0.15, -0.1) is 0 Å². The molecule has 3 rings (SSSR count). The van der Waals surface area contributed by atoms with Gasteiger partial charge in [0, 0.05) is 11.1 Å². The first-order valence-corrected chi connectivity index (χ1v) is 5.93. The van der Waals surface area contributed by atoms with E-state index < -0.39 is 0 Å². The van der Waals surface area contributed by atoms with Crippen molar-refractivity contribution < 1.29 is 8.78 Å². The first-order valence-electron chi connectivity index (χ1n) is 5.93. The summed E-state index contributed by atoms with van der Waals surface area (Å²) in [7, 11) is 0. The molecule has 0 radical (unpaired) electrons. The molecule has 0 amide bonds. The average molecular weight is 223 g/mol. The van der Waals surface area contributed by atoms with Gasteiger partial charge in [-0.2, -0.15) is 0 Å². The molecular formula is C13H15F2N. The summed E-state index contributed by atoms with van der Waals surface area (Å²) in [6.07, 6.45) is 4.23. The van der Waals surface area contributed by atoms with Crippen LogP contribution in [0.4, 0.5) is 8.78 Å². The third-order valence-corrected chi connectivity index (χ3v) is 3.87. The molecule has 1 aromatic carbocycles. The Morgan fingerprint density at radius 2 is 2.06 bits per heavy atom. The van der Waals surface area contributed by atoms with Gasteiger partial charge in [0.1, 0.15) is 11.6 Å². The van der Waals surface area contributed by atoms with Crippen LogP contribution in [0, 0.1) is 17.6 Å². The lowest BCUT2D eigenvalue weighted by Crippen LogP contribution is -2.40. The van der Waals surface area contributed by atoms with Gasteiger partial charge in [-0.25, -0.2) is 8.78 Å². The zero-order valence-corrected chi connectivity index (χ0v) is 9.10. The highest BCUT2D eigenvalue weighted by atomic mass is 19.1. The number of halogens is 2. The molecule has 1 atom stereocenters. The van der Waals surface area contributed by atoms with Crippen molar-refractivity contribution in [2.45, 2.75) is 31.2 Å². The van der Waals surface area contributed by atoms with E-state index in [-0.39, 0.29) is 17.2 Å². The van der Waals surface area contributed by atoms with E-state index >= 15 is 0 Å². The van der Waals surface area contributed by atoms with Crippen LogP contribution in [0.5, 0.6) is 0 Å². The fraction of sp³-hybridized carbons (Fsp3) is 0.538. The minimum absolute atomic E-state index is 0.275. The van der Waals surface area contributed by atoms with Crippen LogP contribution < -0.4 is 5.32 Å². The van der Waals surface area contributed by atoms with Gasteiger partial charge in [0.2, 0.25) is 0 Å². The van der Waals surface area contributed by atoms with Gasteiger partial charge in [0.25, 0.3) is 0 Å². The first-order chi connectivity index (χ1) is 7.72. The van der Waals surface area contributed by atoms with Crippen LogP contribution in [-0.4, -0.2) is 6.54 Å². The van der Waals surface area contributed by atoms with Crippen LogP contribution >= 0.6 is 0 Å².